The number of aromatic nitrogens is 2. The van der Waals surface area contributed by atoms with E-state index in [0.717, 1.165) is 19.0 Å². The molecule has 1 aromatic rings. The van der Waals surface area contributed by atoms with E-state index < -0.39 is 17.3 Å². The normalized spacial score (nSPS) is 20.0. The number of halogens is 3. The number of ether oxygens (including phenoxy) is 1. The van der Waals surface area contributed by atoms with Crippen molar-refractivity contribution in [3.8, 4) is 0 Å². The van der Waals surface area contributed by atoms with Crippen LogP contribution in [0.15, 0.2) is 11.0 Å². The van der Waals surface area contributed by atoms with Crippen molar-refractivity contribution in [1.82, 2.24) is 10.2 Å². The Labute approximate surface area is 107 Å². The zero-order valence-electron chi connectivity index (χ0n) is 10.3. The fourth-order valence-electron chi connectivity index (χ4n) is 2.40. The predicted molar refractivity (Wildman–Crippen MR) is 62.1 cm³/mol. The molecule has 1 aromatic heterocycles. The Kier molecular flexibility index (Phi) is 3.79. The first-order chi connectivity index (χ1) is 8.95. The number of methoxy groups -OCH3 is 1. The summed E-state index contributed by atoms with van der Waals surface area (Å²) in [5, 5.41) is 5.31. The van der Waals surface area contributed by atoms with Crippen LogP contribution in [0.3, 0.4) is 0 Å². The van der Waals surface area contributed by atoms with Crippen LogP contribution < -0.4 is 10.5 Å². The van der Waals surface area contributed by atoms with Gasteiger partial charge in [-0.3, -0.25) is 4.79 Å². The van der Waals surface area contributed by atoms with Gasteiger partial charge in [-0.05, 0) is 12.8 Å². The summed E-state index contributed by atoms with van der Waals surface area (Å²) in [6.45, 7) is 0.784. The minimum absolute atomic E-state index is 0.158. The van der Waals surface area contributed by atoms with Crippen LogP contribution in [0.1, 0.15) is 18.4 Å². The molecule has 19 heavy (non-hydrogen) atoms. The third-order valence-corrected chi connectivity index (χ3v) is 3.17. The number of H-pyrrole nitrogens is 1. The Balaban J connectivity index is 2.45. The van der Waals surface area contributed by atoms with Crippen LogP contribution >= 0.6 is 0 Å². The van der Waals surface area contributed by atoms with Gasteiger partial charge in [0.05, 0.1) is 24.5 Å². The van der Waals surface area contributed by atoms with Crippen LogP contribution in [0, 0.1) is 0 Å². The van der Waals surface area contributed by atoms with Crippen molar-refractivity contribution in [3.05, 3.63) is 22.1 Å². The highest BCUT2D eigenvalue weighted by atomic mass is 19.4. The van der Waals surface area contributed by atoms with Gasteiger partial charge in [0.1, 0.15) is 5.56 Å². The molecule has 0 aromatic carbocycles. The molecule has 2 heterocycles. The van der Waals surface area contributed by atoms with E-state index in [1.54, 1.807) is 4.90 Å². The van der Waals surface area contributed by atoms with Gasteiger partial charge >= 0.3 is 6.18 Å². The van der Waals surface area contributed by atoms with Gasteiger partial charge < -0.3 is 9.64 Å². The summed E-state index contributed by atoms with van der Waals surface area (Å²) in [7, 11) is 1.50. The molecule has 0 saturated carbocycles. The van der Waals surface area contributed by atoms with Crippen molar-refractivity contribution in [2.75, 3.05) is 25.2 Å². The van der Waals surface area contributed by atoms with E-state index in [9.17, 15) is 18.0 Å². The summed E-state index contributed by atoms with van der Waals surface area (Å²) in [5.41, 5.74) is -2.57. The second-order valence-corrected chi connectivity index (χ2v) is 4.40. The monoisotopic (exact) mass is 277 g/mol. The lowest BCUT2D eigenvalue weighted by molar-refractivity contribution is -0.138. The molecule has 106 valence electrons. The van der Waals surface area contributed by atoms with Gasteiger partial charge in [-0.2, -0.15) is 18.3 Å². The molecular formula is C11H14F3N3O2. The van der Waals surface area contributed by atoms with Crippen molar-refractivity contribution < 1.29 is 17.9 Å². The molecule has 1 aliphatic rings. The Morgan fingerprint density at radius 2 is 2.32 bits per heavy atom. The quantitative estimate of drug-likeness (QED) is 0.907. The Hall–Kier alpha value is -1.57. The minimum atomic E-state index is -4.70. The van der Waals surface area contributed by atoms with Crippen molar-refractivity contribution >= 4 is 5.69 Å². The summed E-state index contributed by atoms with van der Waals surface area (Å²) >= 11 is 0. The zero-order valence-corrected chi connectivity index (χ0v) is 10.3. The lowest BCUT2D eigenvalue weighted by atomic mass is 10.2. The van der Waals surface area contributed by atoms with Gasteiger partial charge in [-0.1, -0.05) is 0 Å². The number of hydrogen-bond donors (Lipinski definition) is 1. The smallest absolute Gasteiger partial charge is 0.383 e. The summed E-state index contributed by atoms with van der Waals surface area (Å²) < 4.78 is 43.9. The largest absolute Gasteiger partial charge is 0.423 e. The Morgan fingerprint density at radius 3 is 2.95 bits per heavy atom. The second kappa shape index (κ2) is 5.20. The molecule has 2 rings (SSSR count). The standard InChI is InChI=1S/C11H14F3N3O2/c1-19-6-7-3-2-4-17(7)8-5-15-16-10(18)9(8)11(12,13)14/h5,7H,2-4,6H2,1H3,(H,16,18)/t7-/m0/s1. The molecular weight excluding hydrogens is 263 g/mol. The minimum Gasteiger partial charge on any atom is -0.383 e. The van der Waals surface area contributed by atoms with E-state index in [1.807, 2.05) is 5.10 Å². The molecule has 0 spiro atoms. The first-order valence-electron chi connectivity index (χ1n) is 5.85. The third kappa shape index (κ3) is 2.73. The van der Waals surface area contributed by atoms with E-state index in [-0.39, 0.29) is 11.7 Å². The van der Waals surface area contributed by atoms with Crippen molar-refractivity contribution in [3.63, 3.8) is 0 Å². The molecule has 0 amide bonds. The highest BCUT2D eigenvalue weighted by Crippen LogP contribution is 2.36. The van der Waals surface area contributed by atoms with Crippen molar-refractivity contribution in [2.24, 2.45) is 0 Å². The van der Waals surface area contributed by atoms with Crippen LogP contribution in [0.25, 0.3) is 0 Å². The van der Waals surface area contributed by atoms with Gasteiger partial charge in [0.25, 0.3) is 5.56 Å². The van der Waals surface area contributed by atoms with Crippen LogP contribution in [0.5, 0.6) is 0 Å². The molecule has 0 aliphatic carbocycles. The topological polar surface area (TPSA) is 58.2 Å². The van der Waals surface area contributed by atoms with E-state index in [4.69, 9.17) is 4.74 Å². The lowest BCUT2D eigenvalue weighted by Crippen LogP contribution is -2.37. The maximum absolute atomic E-state index is 13.0. The maximum Gasteiger partial charge on any atom is 0.423 e. The van der Waals surface area contributed by atoms with Crippen molar-refractivity contribution in [2.45, 2.75) is 25.1 Å². The number of aromatic amines is 1. The summed E-state index contributed by atoms with van der Waals surface area (Å²) in [6, 6.07) is -0.158. The fraction of sp³-hybridized carbons (Fsp3) is 0.636. The third-order valence-electron chi connectivity index (χ3n) is 3.17. The molecule has 1 saturated heterocycles. The SMILES string of the molecule is COC[C@@H]1CCCN1c1cn[nH]c(=O)c1C(F)(F)F. The number of rotatable bonds is 3. The Morgan fingerprint density at radius 1 is 1.58 bits per heavy atom. The average molecular weight is 277 g/mol. The second-order valence-electron chi connectivity index (χ2n) is 4.40. The van der Waals surface area contributed by atoms with E-state index >= 15 is 0 Å². The highest BCUT2D eigenvalue weighted by Gasteiger charge is 2.40. The number of hydrogen-bond acceptors (Lipinski definition) is 4. The van der Waals surface area contributed by atoms with E-state index in [2.05, 4.69) is 5.10 Å². The molecule has 1 N–H and O–H groups in total. The van der Waals surface area contributed by atoms with Crippen LogP contribution in [-0.2, 0) is 10.9 Å². The molecule has 8 heteroatoms. The number of alkyl halides is 3. The first kappa shape index (κ1) is 13.9. The van der Waals surface area contributed by atoms with Gasteiger partial charge in [0.2, 0.25) is 0 Å². The van der Waals surface area contributed by atoms with Crippen LogP contribution in [-0.4, -0.2) is 36.5 Å². The summed E-state index contributed by atoms with van der Waals surface area (Å²) in [6.07, 6.45) is -2.15. The van der Waals surface area contributed by atoms with Gasteiger partial charge in [0.15, 0.2) is 0 Å². The molecule has 0 bridgehead atoms. The van der Waals surface area contributed by atoms with Crippen LogP contribution in [0.4, 0.5) is 18.9 Å². The predicted octanol–water partition coefficient (Wildman–Crippen LogP) is 1.40. The van der Waals surface area contributed by atoms with E-state index in [1.165, 1.54) is 7.11 Å². The fourth-order valence-corrected chi connectivity index (χ4v) is 2.40. The average Bonchev–Trinajstić information content (AvgIpc) is 2.75. The molecule has 1 fully saturated rings. The molecule has 1 atom stereocenters. The first-order valence-corrected chi connectivity index (χ1v) is 5.85. The maximum atomic E-state index is 13.0. The van der Waals surface area contributed by atoms with Gasteiger partial charge in [0, 0.05) is 13.7 Å². The summed E-state index contributed by atoms with van der Waals surface area (Å²) in [5.74, 6) is 0. The van der Waals surface area contributed by atoms with Crippen molar-refractivity contribution in [1.29, 1.82) is 0 Å². The van der Waals surface area contributed by atoms with Crippen LogP contribution in [0.2, 0.25) is 0 Å². The number of anilines is 1. The molecule has 1 aliphatic heterocycles. The molecule has 5 nitrogen and oxygen atoms in total. The molecule has 0 radical (unpaired) electrons. The lowest BCUT2D eigenvalue weighted by Gasteiger charge is -2.27. The highest BCUT2D eigenvalue weighted by molar-refractivity contribution is 5.53. The summed E-state index contributed by atoms with van der Waals surface area (Å²) in [4.78, 5) is 13.0. The number of nitrogens with one attached hydrogen (secondary N) is 1. The van der Waals surface area contributed by atoms with Gasteiger partial charge in [-0.15, -0.1) is 0 Å². The molecule has 0 unspecified atom stereocenters. The number of nitrogens with zero attached hydrogens (tertiary/aromatic N) is 2. The zero-order chi connectivity index (χ0) is 14.0. The van der Waals surface area contributed by atoms with Gasteiger partial charge in [-0.25, -0.2) is 5.10 Å². The van der Waals surface area contributed by atoms with E-state index in [0.29, 0.717) is 13.2 Å². The Bertz CT molecular complexity index is 501.